The number of benzene rings is 1. The van der Waals surface area contributed by atoms with Gasteiger partial charge in [-0.15, -0.1) is 0 Å². The molecule has 1 atom stereocenters. The third kappa shape index (κ3) is 6.31. The SMILES string of the molecule is CC(C)(C)OC(=O)N1CCN(CCC2(c3ccc(Cl)c(Cl)c3)CCC(=O)N(c3ccccn3)C2)CC1. The summed E-state index contributed by atoms with van der Waals surface area (Å²) in [6.07, 6.45) is 3.45. The van der Waals surface area contributed by atoms with E-state index >= 15 is 0 Å². The molecule has 1 unspecified atom stereocenters. The predicted molar refractivity (Wildman–Crippen MR) is 143 cm³/mol. The normalized spacial score (nSPS) is 21.5. The van der Waals surface area contributed by atoms with Gasteiger partial charge in [0.1, 0.15) is 11.4 Å². The molecule has 4 rings (SSSR count). The summed E-state index contributed by atoms with van der Waals surface area (Å²) in [6.45, 7) is 9.83. The lowest BCUT2D eigenvalue weighted by atomic mass is 9.71. The first-order valence-electron chi connectivity index (χ1n) is 12.4. The number of amides is 2. The lowest BCUT2D eigenvalue weighted by molar-refractivity contribution is -0.120. The zero-order valence-corrected chi connectivity index (χ0v) is 22.7. The molecule has 36 heavy (non-hydrogen) atoms. The Hall–Kier alpha value is -2.35. The van der Waals surface area contributed by atoms with Crippen molar-refractivity contribution in [2.45, 2.75) is 51.0 Å². The molecule has 0 N–H and O–H groups in total. The number of piperazine rings is 1. The van der Waals surface area contributed by atoms with Gasteiger partial charge in [0.2, 0.25) is 5.91 Å². The van der Waals surface area contributed by atoms with E-state index in [1.54, 1.807) is 16.0 Å². The molecule has 0 saturated carbocycles. The average molecular weight is 534 g/mol. The number of ether oxygens (including phenoxy) is 1. The topological polar surface area (TPSA) is 66.0 Å². The molecule has 0 radical (unpaired) electrons. The van der Waals surface area contributed by atoms with E-state index in [1.807, 2.05) is 57.2 Å². The minimum atomic E-state index is -0.502. The van der Waals surface area contributed by atoms with Crippen molar-refractivity contribution in [1.82, 2.24) is 14.8 Å². The number of halogens is 2. The van der Waals surface area contributed by atoms with Crippen LogP contribution in [0.2, 0.25) is 10.0 Å². The molecule has 0 bridgehead atoms. The van der Waals surface area contributed by atoms with Crippen molar-refractivity contribution >= 4 is 41.0 Å². The summed E-state index contributed by atoms with van der Waals surface area (Å²) in [5, 5.41) is 1.03. The van der Waals surface area contributed by atoms with E-state index in [9.17, 15) is 9.59 Å². The predicted octanol–water partition coefficient (Wildman–Crippen LogP) is 5.40. The Kier molecular flexibility index (Phi) is 8.12. The van der Waals surface area contributed by atoms with E-state index in [1.165, 1.54) is 0 Å². The van der Waals surface area contributed by atoms with Crippen LogP contribution >= 0.6 is 23.2 Å². The van der Waals surface area contributed by atoms with Crippen molar-refractivity contribution in [3.63, 3.8) is 0 Å². The number of piperidine rings is 1. The summed E-state index contributed by atoms with van der Waals surface area (Å²) in [7, 11) is 0. The summed E-state index contributed by atoms with van der Waals surface area (Å²) in [5.41, 5.74) is 0.290. The van der Waals surface area contributed by atoms with Crippen LogP contribution in [0.5, 0.6) is 0 Å². The molecule has 2 saturated heterocycles. The summed E-state index contributed by atoms with van der Waals surface area (Å²) < 4.78 is 5.53. The van der Waals surface area contributed by atoms with Crippen LogP contribution in [0.15, 0.2) is 42.6 Å². The highest BCUT2D eigenvalue weighted by Gasteiger charge is 2.41. The van der Waals surface area contributed by atoms with E-state index < -0.39 is 5.60 Å². The molecule has 1 aromatic carbocycles. The van der Waals surface area contributed by atoms with E-state index in [4.69, 9.17) is 27.9 Å². The number of nitrogens with zero attached hydrogens (tertiary/aromatic N) is 4. The highest BCUT2D eigenvalue weighted by Crippen LogP contribution is 2.41. The van der Waals surface area contributed by atoms with Crippen LogP contribution < -0.4 is 4.90 Å². The van der Waals surface area contributed by atoms with Gasteiger partial charge in [-0.1, -0.05) is 35.3 Å². The third-order valence-electron chi connectivity index (χ3n) is 6.97. The highest BCUT2D eigenvalue weighted by atomic mass is 35.5. The molecule has 3 heterocycles. The Morgan fingerprint density at radius 2 is 1.83 bits per heavy atom. The van der Waals surface area contributed by atoms with Gasteiger partial charge in [0.15, 0.2) is 0 Å². The van der Waals surface area contributed by atoms with Crippen LogP contribution in [-0.4, -0.2) is 71.7 Å². The minimum absolute atomic E-state index is 0.0790. The Morgan fingerprint density at radius 3 is 2.47 bits per heavy atom. The second kappa shape index (κ2) is 11.0. The second-order valence-corrected chi connectivity index (χ2v) is 11.5. The number of anilines is 1. The molecule has 2 aromatic rings. The molecular formula is C27H34Cl2N4O3. The van der Waals surface area contributed by atoms with Crippen LogP contribution in [-0.2, 0) is 14.9 Å². The van der Waals surface area contributed by atoms with Gasteiger partial charge in [-0.2, -0.15) is 0 Å². The second-order valence-electron chi connectivity index (χ2n) is 10.6. The molecule has 2 aliphatic heterocycles. The smallest absolute Gasteiger partial charge is 0.410 e. The van der Waals surface area contributed by atoms with Crippen LogP contribution in [0.4, 0.5) is 10.6 Å². The maximum absolute atomic E-state index is 12.9. The van der Waals surface area contributed by atoms with E-state index in [0.29, 0.717) is 41.9 Å². The van der Waals surface area contributed by atoms with Gasteiger partial charge in [-0.3, -0.25) is 14.6 Å². The fourth-order valence-corrected chi connectivity index (χ4v) is 5.23. The molecule has 7 nitrogen and oxygen atoms in total. The number of rotatable bonds is 5. The molecule has 0 spiro atoms. The van der Waals surface area contributed by atoms with Crippen LogP contribution in [0.3, 0.4) is 0 Å². The zero-order chi connectivity index (χ0) is 25.9. The van der Waals surface area contributed by atoms with Crippen LogP contribution in [0.25, 0.3) is 0 Å². The number of hydrogen-bond acceptors (Lipinski definition) is 5. The molecule has 0 aliphatic carbocycles. The van der Waals surface area contributed by atoms with Gasteiger partial charge in [-0.25, -0.2) is 9.78 Å². The fourth-order valence-electron chi connectivity index (χ4n) is 4.94. The lowest BCUT2D eigenvalue weighted by Crippen LogP contribution is -2.53. The first-order chi connectivity index (χ1) is 17.1. The molecule has 2 amide bonds. The standard InChI is InChI=1S/C27H34Cl2N4O3/c1-26(2,3)36-25(35)32-16-14-31(15-17-32)13-11-27(20-7-8-21(28)22(29)18-20)10-9-24(34)33(19-27)23-6-4-5-12-30-23/h4-8,12,18H,9-11,13-17,19H2,1-3H3. The fraction of sp³-hybridized carbons (Fsp3) is 0.519. The average Bonchev–Trinajstić information content (AvgIpc) is 2.85. The maximum atomic E-state index is 12.9. The van der Waals surface area contributed by atoms with Crippen molar-refractivity contribution in [3.8, 4) is 0 Å². The van der Waals surface area contributed by atoms with Gasteiger partial charge in [0, 0.05) is 50.8 Å². The number of hydrogen-bond donors (Lipinski definition) is 0. The number of pyridine rings is 1. The van der Waals surface area contributed by atoms with Crippen LogP contribution in [0, 0.1) is 0 Å². The Balaban J connectivity index is 1.49. The highest BCUT2D eigenvalue weighted by molar-refractivity contribution is 6.42. The van der Waals surface area contributed by atoms with E-state index in [2.05, 4.69) is 9.88 Å². The van der Waals surface area contributed by atoms with Crippen molar-refractivity contribution < 1.29 is 14.3 Å². The van der Waals surface area contributed by atoms with Crippen molar-refractivity contribution in [2.75, 3.05) is 44.2 Å². The van der Waals surface area contributed by atoms with Crippen molar-refractivity contribution in [2.24, 2.45) is 0 Å². The number of carbonyl (C=O) groups is 2. The Labute approximate surface area is 223 Å². The number of carbonyl (C=O) groups excluding carboxylic acids is 2. The Morgan fingerprint density at radius 1 is 1.08 bits per heavy atom. The van der Waals surface area contributed by atoms with E-state index in [0.717, 1.165) is 38.0 Å². The summed E-state index contributed by atoms with van der Waals surface area (Å²) >= 11 is 12.7. The molecule has 9 heteroatoms. The maximum Gasteiger partial charge on any atom is 0.410 e. The summed E-state index contributed by atoms with van der Waals surface area (Å²) in [5.74, 6) is 0.743. The minimum Gasteiger partial charge on any atom is -0.444 e. The third-order valence-corrected chi connectivity index (χ3v) is 7.71. The van der Waals surface area contributed by atoms with E-state index in [-0.39, 0.29) is 17.4 Å². The van der Waals surface area contributed by atoms with Crippen molar-refractivity contribution in [3.05, 3.63) is 58.2 Å². The van der Waals surface area contributed by atoms with Gasteiger partial charge in [0.25, 0.3) is 0 Å². The summed E-state index contributed by atoms with van der Waals surface area (Å²) in [4.78, 5) is 35.8. The molecule has 194 valence electrons. The van der Waals surface area contributed by atoms with Crippen LogP contribution in [0.1, 0.15) is 45.6 Å². The first kappa shape index (κ1) is 26.7. The van der Waals surface area contributed by atoms with Gasteiger partial charge in [-0.05, 0) is 70.0 Å². The number of aromatic nitrogens is 1. The molecule has 2 aliphatic rings. The quantitative estimate of drug-likeness (QED) is 0.515. The Bertz CT molecular complexity index is 1080. The molecule has 1 aromatic heterocycles. The van der Waals surface area contributed by atoms with Crippen molar-refractivity contribution in [1.29, 1.82) is 0 Å². The van der Waals surface area contributed by atoms with Gasteiger partial charge < -0.3 is 9.64 Å². The lowest BCUT2D eigenvalue weighted by Gasteiger charge is -2.44. The molecular weight excluding hydrogens is 499 g/mol. The first-order valence-corrected chi connectivity index (χ1v) is 13.2. The monoisotopic (exact) mass is 532 g/mol. The summed E-state index contributed by atoms with van der Waals surface area (Å²) in [6, 6.07) is 11.4. The zero-order valence-electron chi connectivity index (χ0n) is 21.2. The largest absolute Gasteiger partial charge is 0.444 e. The molecule has 2 fully saturated rings. The van der Waals surface area contributed by atoms with Gasteiger partial charge >= 0.3 is 6.09 Å². The van der Waals surface area contributed by atoms with Gasteiger partial charge in [0.05, 0.1) is 10.0 Å².